The molecule has 1 saturated heterocycles. The molecule has 0 aromatic carbocycles. The van der Waals surface area contributed by atoms with E-state index in [9.17, 15) is 13.2 Å². The molecular weight excluding hydrogens is 257 g/mol. The summed E-state index contributed by atoms with van der Waals surface area (Å²) < 4.78 is 40.3. The largest absolute Gasteiger partial charge is 0.419 e. The van der Waals surface area contributed by atoms with Crippen molar-refractivity contribution < 1.29 is 13.2 Å². The van der Waals surface area contributed by atoms with E-state index in [1.165, 1.54) is 12.3 Å². The van der Waals surface area contributed by atoms with Gasteiger partial charge in [0.1, 0.15) is 5.82 Å². The quantitative estimate of drug-likeness (QED) is 0.838. The first-order chi connectivity index (χ1) is 9.05. The Balaban J connectivity index is 1.79. The summed E-state index contributed by atoms with van der Waals surface area (Å²) in [6.45, 7) is 0.976. The van der Waals surface area contributed by atoms with E-state index < -0.39 is 11.7 Å². The predicted molar refractivity (Wildman–Crippen MR) is 62.7 cm³/mol. The van der Waals surface area contributed by atoms with Gasteiger partial charge in [-0.15, -0.1) is 0 Å². The second kappa shape index (κ2) is 4.25. The number of alkyl halides is 3. The lowest BCUT2D eigenvalue weighted by molar-refractivity contribution is -0.137. The number of nitrogens with zero attached hydrogens (tertiary/aromatic N) is 4. The van der Waals surface area contributed by atoms with Crippen LogP contribution in [0.4, 0.5) is 19.0 Å². The monoisotopic (exact) mass is 268 g/mol. The molecule has 2 aromatic heterocycles. The highest BCUT2D eigenvalue weighted by atomic mass is 19.4. The summed E-state index contributed by atoms with van der Waals surface area (Å²) in [6.07, 6.45) is 0.474. The zero-order chi connectivity index (χ0) is 13.5. The Hall–Kier alpha value is -2.05. The van der Waals surface area contributed by atoms with Crippen molar-refractivity contribution in [2.24, 2.45) is 0 Å². The summed E-state index contributed by atoms with van der Waals surface area (Å²) in [6, 6.07) is 4.27. The summed E-state index contributed by atoms with van der Waals surface area (Å²) in [5, 5.41) is 4.08. The van der Waals surface area contributed by atoms with Crippen molar-refractivity contribution in [3.63, 3.8) is 0 Å². The average molecular weight is 268 g/mol. The molecule has 0 atom stereocenters. The first kappa shape index (κ1) is 12.0. The van der Waals surface area contributed by atoms with Crippen LogP contribution in [-0.2, 0) is 6.18 Å². The molecule has 2 aromatic rings. The molecule has 1 aliphatic rings. The fourth-order valence-corrected chi connectivity index (χ4v) is 2.16. The molecule has 0 unspecified atom stereocenters. The number of pyridine rings is 1. The van der Waals surface area contributed by atoms with Gasteiger partial charge in [-0.2, -0.15) is 18.3 Å². The van der Waals surface area contributed by atoms with Gasteiger partial charge in [0.05, 0.1) is 11.6 Å². The summed E-state index contributed by atoms with van der Waals surface area (Å²) >= 11 is 0. The molecule has 4 nitrogen and oxygen atoms in total. The molecule has 19 heavy (non-hydrogen) atoms. The van der Waals surface area contributed by atoms with Gasteiger partial charge in [-0.1, -0.05) is 0 Å². The minimum Gasteiger partial charge on any atom is -0.352 e. The van der Waals surface area contributed by atoms with E-state index in [2.05, 4.69) is 10.1 Å². The number of anilines is 1. The van der Waals surface area contributed by atoms with Crippen LogP contribution >= 0.6 is 0 Å². The van der Waals surface area contributed by atoms with Crippen LogP contribution in [0.1, 0.15) is 11.6 Å². The van der Waals surface area contributed by atoms with Gasteiger partial charge >= 0.3 is 6.18 Å². The van der Waals surface area contributed by atoms with Crippen LogP contribution in [0, 0.1) is 0 Å². The molecule has 3 rings (SSSR count). The van der Waals surface area contributed by atoms with E-state index >= 15 is 0 Å². The maximum atomic E-state index is 12.9. The van der Waals surface area contributed by atoms with E-state index in [1.807, 2.05) is 6.20 Å². The molecule has 3 heterocycles. The van der Waals surface area contributed by atoms with Gasteiger partial charge in [-0.3, -0.25) is 4.68 Å². The highest BCUT2D eigenvalue weighted by Gasteiger charge is 2.39. The maximum Gasteiger partial charge on any atom is 0.419 e. The number of halogens is 3. The van der Waals surface area contributed by atoms with Crippen molar-refractivity contribution in [2.75, 3.05) is 18.0 Å². The van der Waals surface area contributed by atoms with Crippen molar-refractivity contribution in [3.8, 4) is 0 Å². The smallest absolute Gasteiger partial charge is 0.352 e. The lowest BCUT2D eigenvalue weighted by Gasteiger charge is -2.40. The minimum atomic E-state index is -4.37. The van der Waals surface area contributed by atoms with E-state index in [1.54, 1.807) is 21.8 Å². The van der Waals surface area contributed by atoms with Gasteiger partial charge in [0.2, 0.25) is 0 Å². The molecule has 100 valence electrons. The molecule has 0 radical (unpaired) electrons. The number of hydrogen-bond donors (Lipinski definition) is 0. The predicted octanol–water partition coefficient (Wildman–Crippen LogP) is 2.36. The van der Waals surface area contributed by atoms with Gasteiger partial charge in [0, 0.05) is 31.7 Å². The van der Waals surface area contributed by atoms with Gasteiger partial charge in [-0.05, 0) is 18.2 Å². The molecule has 1 fully saturated rings. The Morgan fingerprint density at radius 1 is 1.16 bits per heavy atom. The van der Waals surface area contributed by atoms with E-state index in [4.69, 9.17) is 0 Å². The second-order valence-electron chi connectivity index (χ2n) is 4.42. The van der Waals surface area contributed by atoms with Crippen LogP contribution in [0.5, 0.6) is 0 Å². The van der Waals surface area contributed by atoms with Crippen molar-refractivity contribution in [2.45, 2.75) is 12.2 Å². The first-order valence-corrected chi connectivity index (χ1v) is 5.82. The number of rotatable bonds is 2. The summed E-state index contributed by atoms with van der Waals surface area (Å²) in [4.78, 5) is 5.48. The Bertz CT molecular complexity index is 559. The topological polar surface area (TPSA) is 34.0 Å². The number of aromatic nitrogens is 3. The van der Waals surface area contributed by atoms with E-state index in [-0.39, 0.29) is 11.9 Å². The van der Waals surface area contributed by atoms with Crippen molar-refractivity contribution in [3.05, 3.63) is 42.4 Å². The molecule has 0 saturated carbocycles. The molecule has 0 N–H and O–H groups in total. The van der Waals surface area contributed by atoms with Crippen LogP contribution in [-0.4, -0.2) is 27.9 Å². The molecular formula is C12H11F3N4. The highest BCUT2D eigenvalue weighted by Crippen LogP contribution is 2.37. The Morgan fingerprint density at radius 3 is 2.58 bits per heavy atom. The molecule has 0 spiro atoms. The SMILES string of the molecule is FC(F)(F)c1cccnc1N1CC(n2cccn2)C1. The van der Waals surface area contributed by atoms with Crippen LogP contribution < -0.4 is 4.90 Å². The highest BCUT2D eigenvalue weighted by molar-refractivity contribution is 5.50. The zero-order valence-electron chi connectivity index (χ0n) is 9.88. The second-order valence-corrected chi connectivity index (χ2v) is 4.42. The minimum absolute atomic E-state index is 0.00148. The van der Waals surface area contributed by atoms with Gasteiger partial charge in [-0.25, -0.2) is 4.98 Å². The van der Waals surface area contributed by atoms with E-state index in [0.717, 1.165) is 6.07 Å². The van der Waals surface area contributed by atoms with E-state index in [0.29, 0.717) is 13.1 Å². The molecule has 0 aliphatic carbocycles. The van der Waals surface area contributed by atoms with Crippen molar-refractivity contribution in [1.82, 2.24) is 14.8 Å². The fraction of sp³-hybridized carbons (Fsp3) is 0.333. The summed E-state index contributed by atoms with van der Waals surface area (Å²) in [7, 11) is 0. The zero-order valence-corrected chi connectivity index (χ0v) is 9.88. The third-order valence-corrected chi connectivity index (χ3v) is 3.15. The normalized spacial score (nSPS) is 16.5. The Labute approximate surface area is 107 Å². The molecule has 7 heteroatoms. The Morgan fingerprint density at radius 2 is 1.95 bits per heavy atom. The van der Waals surface area contributed by atoms with Crippen LogP contribution in [0.3, 0.4) is 0 Å². The maximum absolute atomic E-state index is 12.9. The van der Waals surface area contributed by atoms with Crippen LogP contribution in [0.25, 0.3) is 0 Å². The summed E-state index contributed by atoms with van der Waals surface area (Å²) in [5.74, 6) is -0.00148. The molecule has 0 bridgehead atoms. The van der Waals surface area contributed by atoms with Crippen molar-refractivity contribution in [1.29, 1.82) is 0 Å². The van der Waals surface area contributed by atoms with Crippen LogP contribution in [0.15, 0.2) is 36.8 Å². The van der Waals surface area contributed by atoms with Crippen LogP contribution in [0.2, 0.25) is 0 Å². The Kier molecular flexibility index (Phi) is 2.69. The van der Waals surface area contributed by atoms with Gasteiger partial charge < -0.3 is 4.90 Å². The lowest BCUT2D eigenvalue weighted by atomic mass is 10.1. The summed E-state index contributed by atoms with van der Waals surface area (Å²) in [5.41, 5.74) is -0.686. The third-order valence-electron chi connectivity index (χ3n) is 3.15. The van der Waals surface area contributed by atoms with Gasteiger partial charge in [0.25, 0.3) is 0 Å². The van der Waals surface area contributed by atoms with Crippen molar-refractivity contribution >= 4 is 5.82 Å². The fourth-order valence-electron chi connectivity index (χ4n) is 2.16. The average Bonchev–Trinajstić information content (AvgIpc) is 2.80. The molecule has 1 aliphatic heterocycles. The number of hydrogen-bond acceptors (Lipinski definition) is 3. The first-order valence-electron chi connectivity index (χ1n) is 5.82. The standard InChI is InChI=1S/C12H11F3N4/c13-12(14,15)10-3-1-4-16-11(10)18-7-9(8-18)19-6-2-5-17-19/h1-6,9H,7-8H2. The van der Waals surface area contributed by atoms with Gasteiger partial charge in [0.15, 0.2) is 0 Å². The lowest BCUT2D eigenvalue weighted by Crippen LogP contribution is -2.49. The third kappa shape index (κ3) is 2.16. The molecule has 0 amide bonds.